The van der Waals surface area contributed by atoms with Gasteiger partial charge in [0.1, 0.15) is 17.3 Å². The fourth-order valence-corrected chi connectivity index (χ4v) is 5.59. The lowest BCUT2D eigenvalue weighted by Crippen LogP contribution is -2.47. The fraction of sp³-hybridized carbons (Fsp3) is 0.333. The van der Waals surface area contributed by atoms with Crippen LogP contribution in [-0.4, -0.2) is 60.2 Å². The minimum Gasteiger partial charge on any atom is -0.482 e. The number of nitrogens with zero attached hydrogens (tertiary/aromatic N) is 6. The van der Waals surface area contributed by atoms with Crippen molar-refractivity contribution in [3.8, 4) is 5.75 Å². The Kier molecular flexibility index (Phi) is 7.86. The third-order valence-electron chi connectivity index (χ3n) is 7.58. The molecular formula is C30H32ClN7O4. The van der Waals surface area contributed by atoms with Crippen LogP contribution in [0.25, 0.3) is 11.0 Å². The number of aryl methyl sites for hydroxylation is 1. The number of ether oxygens (including phenoxy) is 1. The Bertz CT molecular complexity index is 1720. The summed E-state index contributed by atoms with van der Waals surface area (Å²) in [6.07, 6.45) is 6.24. The molecule has 4 heterocycles. The smallest absolute Gasteiger partial charge is 0.335 e. The molecule has 3 aromatic heterocycles. The summed E-state index contributed by atoms with van der Waals surface area (Å²) >= 11 is 6.06. The van der Waals surface area contributed by atoms with E-state index in [4.69, 9.17) is 25.7 Å². The molecule has 2 N–H and O–H groups in total. The first kappa shape index (κ1) is 27.8. The summed E-state index contributed by atoms with van der Waals surface area (Å²) in [5, 5.41) is 13.3. The van der Waals surface area contributed by atoms with E-state index < -0.39 is 5.97 Å². The van der Waals surface area contributed by atoms with Gasteiger partial charge in [0.25, 0.3) is 0 Å². The van der Waals surface area contributed by atoms with E-state index in [1.807, 2.05) is 31.7 Å². The molecule has 42 heavy (non-hydrogen) atoms. The van der Waals surface area contributed by atoms with Crippen molar-refractivity contribution in [2.75, 3.05) is 25.5 Å². The first-order valence-electron chi connectivity index (χ1n) is 13.9. The predicted octanol–water partition coefficient (Wildman–Crippen LogP) is 4.94. The van der Waals surface area contributed by atoms with Gasteiger partial charge in [-0.3, -0.25) is 4.90 Å². The van der Waals surface area contributed by atoms with Gasteiger partial charge in [-0.25, -0.2) is 19.7 Å². The summed E-state index contributed by atoms with van der Waals surface area (Å²) in [7, 11) is 1.82. The Morgan fingerprint density at radius 1 is 1.19 bits per heavy atom. The van der Waals surface area contributed by atoms with Crippen molar-refractivity contribution in [2.45, 2.75) is 39.6 Å². The van der Waals surface area contributed by atoms with Crippen molar-refractivity contribution in [3.63, 3.8) is 0 Å². The van der Waals surface area contributed by atoms with Gasteiger partial charge in [0.2, 0.25) is 5.89 Å². The Morgan fingerprint density at radius 2 is 2.05 bits per heavy atom. The van der Waals surface area contributed by atoms with Crippen LogP contribution in [0.15, 0.2) is 59.5 Å². The Morgan fingerprint density at radius 3 is 2.83 bits per heavy atom. The molecule has 0 aliphatic carbocycles. The van der Waals surface area contributed by atoms with Gasteiger partial charge < -0.3 is 28.7 Å². The summed E-state index contributed by atoms with van der Waals surface area (Å²) in [4.78, 5) is 27.6. The van der Waals surface area contributed by atoms with E-state index >= 15 is 0 Å². The monoisotopic (exact) mass is 589 g/mol. The van der Waals surface area contributed by atoms with Crippen molar-refractivity contribution < 1.29 is 19.1 Å². The summed E-state index contributed by atoms with van der Waals surface area (Å²) < 4.78 is 16.0. The van der Waals surface area contributed by atoms with Crippen LogP contribution in [0.1, 0.15) is 40.5 Å². The molecule has 2 aromatic carbocycles. The second-order valence-electron chi connectivity index (χ2n) is 10.5. The van der Waals surface area contributed by atoms with E-state index in [0.29, 0.717) is 35.7 Å². The first-order chi connectivity index (χ1) is 20.4. The molecule has 0 unspecified atom stereocenters. The molecule has 0 amide bonds. The maximum Gasteiger partial charge on any atom is 0.335 e. The van der Waals surface area contributed by atoms with E-state index in [2.05, 4.69) is 36.2 Å². The minimum absolute atomic E-state index is 0.226. The SMILES string of the molecule is CCn1cncc1Cn1c(CN2CC(Cc3cnc(COc4ccc(Cl)cc4NC)o3)C2)nc2ccc(C(=O)O)cc21. The number of imidazole rings is 2. The lowest BCUT2D eigenvalue weighted by Gasteiger charge is -2.38. The van der Waals surface area contributed by atoms with E-state index in [9.17, 15) is 9.90 Å². The zero-order valence-corrected chi connectivity index (χ0v) is 24.2. The molecule has 5 aromatic rings. The van der Waals surface area contributed by atoms with Gasteiger partial charge >= 0.3 is 5.97 Å². The van der Waals surface area contributed by atoms with E-state index in [0.717, 1.165) is 60.1 Å². The van der Waals surface area contributed by atoms with Crippen molar-refractivity contribution in [1.29, 1.82) is 0 Å². The third-order valence-corrected chi connectivity index (χ3v) is 7.82. The standard InChI is InChI=1S/C30H32ClN7O4/c1-3-37-18-33-11-22(37)15-38-26-9-20(30(39)40)4-6-24(26)35-28(38)16-36-13-19(14-36)8-23-12-34-29(42-23)17-41-27-7-5-21(31)10-25(27)32-2/h4-7,9-12,18-19,32H,3,8,13-17H2,1-2H3,(H,39,40). The van der Waals surface area contributed by atoms with Crippen LogP contribution in [0.5, 0.6) is 5.75 Å². The zero-order valence-electron chi connectivity index (χ0n) is 23.5. The maximum atomic E-state index is 11.7. The van der Waals surface area contributed by atoms with Crippen LogP contribution in [-0.2, 0) is 32.7 Å². The summed E-state index contributed by atoms with van der Waals surface area (Å²) in [6.45, 7) is 6.14. The molecule has 1 aliphatic heterocycles. The highest BCUT2D eigenvalue weighted by atomic mass is 35.5. The van der Waals surface area contributed by atoms with Crippen LogP contribution in [0.2, 0.25) is 5.02 Å². The molecule has 1 saturated heterocycles. The van der Waals surface area contributed by atoms with Gasteiger partial charge in [0.15, 0.2) is 6.61 Å². The van der Waals surface area contributed by atoms with Gasteiger partial charge in [-0.2, -0.15) is 0 Å². The minimum atomic E-state index is -0.954. The molecule has 0 spiro atoms. The fourth-order valence-electron chi connectivity index (χ4n) is 5.42. The van der Waals surface area contributed by atoms with Gasteiger partial charge in [-0.1, -0.05) is 11.6 Å². The summed E-state index contributed by atoms with van der Waals surface area (Å²) in [6, 6.07) is 10.5. The third kappa shape index (κ3) is 5.83. The average Bonchev–Trinajstić information content (AvgIpc) is 3.70. The number of halogens is 1. The molecule has 0 radical (unpaired) electrons. The van der Waals surface area contributed by atoms with Crippen molar-refractivity contribution in [3.05, 3.63) is 88.9 Å². The van der Waals surface area contributed by atoms with Gasteiger partial charge in [-0.15, -0.1) is 0 Å². The molecular weight excluding hydrogens is 558 g/mol. The molecule has 6 rings (SSSR count). The highest BCUT2D eigenvalue weighted by Crippen LogP contribution is 2.29. The van der Waals surface area contributed by atoms with Crippen molar-refractivity contribution in [2.24, 2.45) is 5.92 Å². The topological polar surface area (TPSA) is 123 Å². The molecule has 11 nitrogen and oxygen atoms in total. The van der Waals surface area contributed by atoms with E-state index in [-0.39, 0.29) is 12.2 Å². The number of rotatable bonds is 12. The highest BCUT2D eigenvalue weighted by Gasteiger charge is 2.29. The number of benzene rings is 2. The van der Waals surface area contributed by atoms with Crippen LogP contribution >= 0.6 is 11.6 Å². The van der Waals surface area contributed by atoms with Gasteiger partial charge in [0.05, 0.1) is 53.6 Å². The lowest BCUT2D eigenvalue weighted by molar-refractivity contribution is 0.0697. The van der Waals surface area contributed by atoms with E-state index in [1.54, 1.807) is 30.5 Å². The number of aromatic nitrogens is 5. The molecule has 0 bridgehead atoms. The predicted molar refractivity (Wildman–Crippen MR) is 158 cm³/mol. The second-order valence-corrected chi connectivity index (χ2v) is 10.9. The molecule has 0 saturated carbocycles. The lowest BCUT2D eigenvalue weighted by atomic mass is 9.95. The molecule has 0 atom stereocenters. The highest BCUT2D eigenvalue weighted by molar-refractivity contribution is 6.30. The second kappa shape index (κ2) is 11.9. The number of oxazole rings is 1. The number of hydrogen-bond acceptors (Lipinski definition) is 8. The van der Waals surface area contributed by atoms with Crippen molar-refractivity contribution in [1.82, 2.24) is 29.0 Å². The number of carboxylic acid groups (broad SMARTS) is 1. The maximum absolute atomic E-state index is 11.7. The van der Waals surface area contributed by atoms with Crippen LogP contribution < -0.4 is 10.1 Å². The Balaban J connectivity index is 1.09. The van der Waals surface area contributed by atoms with E-state index in [1.165, 1.54) is 0 Å². The first-order valence-corrected chi connectivity index (χ1v) is 14.3. The normalized spacial score (nSPS) is 13.9. The number of anilines is 1. The quantitative estimate of drug-likeness (QED) is 0.208. The molecule has 1 aliphatic rings. The largest absolute Gasteiger partial charge is 0.482 e. The summed E-state index contributed by atoms with van der Waals surface area (Å²) in [5.74, 6) is 2.43. The van der Waals surface area contributed by atoms with Crippen LogP contribution in [0.3, 0.4) is 0 Å². The van der Waals surface area contributed by atoms with Gasteiger partial charge in [0, 0.05) is 44.3 Å². The average molecular weight is 590 g/mol. The number of likely N-dealkylation sites (tertiary alicyclic amines) is 1. The zero-order chi connectivity index (χ0) is 29.2. The molecule has 1 fully saturated rings. The number of fused-ring (bicyclic) bond motifs is 1. The number of carboxylic acids is 1. The summed E-state index contributed by atoms with van der Waals surface area (Å²) in [5.41, 5.74) is 3.68. The number of hydrogen-bond donors (Lipinski definition) is 2. The number of aromatic carboxylic acids is 1. The van der Waals surface area contributed by atoms with Crippen molar-refractivity contribution >= 4 is 34.3 Å². The van der Waals surface area contributed by atoms with Crippen LogP contribution in [0.4, 0.5) is 5.69 Å². The van der Waals surface area contributed by atoms with Crippen LogP contribution in [0, 0.1) is 5.92 Å². The Hall–Kier alpha value is -4.35. The Labute approximate surface area is 247 Å². The number of carbonyl (C=O) groups is 1. The molecule has 12 heteroatoms. The molecule has 218 valence electrons. The number of nitrogens with one attached hydrogen (secondary N) is 1. The van der Waals surface area contributed by atoms with Gasteiger partial charge in [-0.05, 0) is 49.2 Å².